The van der Waals surface area contributed by atoms with Crippen LogP contribution in [0.15, 0.2) is 12.4 Å². The highest BCUT2D eigenvalue weighted by Crippen LogP contribution is 2.25. The predicted molar refractivity (Wildman–Crippen MR) is 63.6 cm³/mol. The van der Waals surface area contributed by atoms with Crippen LogP contribution in [0.25, 0.3) is 0 Å². The molecule has 0 radical (unpaired) electrons. The molecule has 1 aromatic heterocycles. The number of rotatable bonds is 2. The first kappa shape index (κ1) is 11.8. The average molecular weight is 232 g/mol. The first-order valence-electron chi connectivity index (χ1n) is 5.78. The molecule has 90 valence electrons. The molecule has 1 saturated heterocycles. The number of aromatic nitrogens is 2. The first-order chi connectivity index (χ1) is 8.18. The van der Waals surface area contributed by atoms with Crippen molar-refractivity contribution in [3.05, 3.63) is 18.1 Å². The van der Waals surface area contributed by atoms with Gasteiger partial charge < -0.3 is 9.64 Å². The molecule has 0 bridgehead atoms. The van der Waals surface area contributed by atoms with E-state index in [1.807, 2.05) is 0 Å². The number of nitriles is 1. The fraction of sp³-hybridized carbons (Fsp3) is 0.583. The standard InChI is InChI=1S/C12H16N4O/c1-3-12(2)9-16(6-7-17-12)11-10(8-13)14-4-5-15-11/h4-5H,3,6-7,9H2,1-2H3. The molecule has 1 aromatic rings. The highest BCUT2D eigenvalue weighted by molar-refractivity contribution is 5.50. The van der Waals surface area contributed by atoms with E-state index in [-0.39, 0.29) is 5.60 Å². The van der Waals surface area contributed by atoms with Crippen molar-refractivity contribution in [1.82, 2.24) is 9.97 Å². The summed E-state index contributed by atoms with van der Waals surface area (Å²) in [5, 5.41) is 9.03. The zero-order chi connectivity index (χ0) is 12.3. The van der Waals surface area contributed by atoms with Gasteiger partial charge in [-0.2, -0.15) is 5.26 Å². The molecular formula is C12H16N4O. The van der Waals surface area contributed by atoms with Gasteiger partial charge in [0, 0.05) is 25.5 Å². The summed E-state index contributed by atoms with van der Waals surface area (Å²) >= 11 is 0. The molecule has 1 unspecified atom stereocenters. The second kappa shape index (κ2) is 4.68. The van der Waals surface area contributed by atoms with E-state index in [9.17, 15) is 0 Å². The van der Waals surface area contributed by atoms with Crippen molar-refractivity contribution in [2.75, 3.05) is 24.6 Å². The SMILES string of the molecule is CCC1(C)CN(c2nccnc2C#N)CCO1. The molecule has 17 heavy (non-hydrogen) atoms. The Morgan fingerprint density at radius 3 is 3.00 bits per heavy atom. The quantitative estimate of drug-likeness (QED) is 0.770. The maximum Gasteiger partial charge on any atom is 0.183 e. The monoisotopic (exact) mass is 232 g/mol. The minimum absolute atomic E-state index is 0.164. The Hall–Kier alpha value is -1.67. The van der Waals surface area contributed by atoms with Gasteiger partial charge >= 0.3 is 0 Å². The maximum atomic E-state index is 9.03. The van der Waals surface area contributed by atoms with Crippen LogP contribution in [-0.2, 0) is 4.74 Å². The van der Waals surface area contributed by atoms with Crippen LogP contribution in [0.5, 0.6) is 0 Å². The fourth-order valence-corrected chi connectivity index (χ4v) is 1.97. The van der Waals surface area contributed by atoms with E-state index in [0.717, 1.165) is 19.5 Å². The van der Waals surface area contributed by atoms with Gasteiger partial charge in [0.1, 0.15) is 6.07 Å². The Morgan fingerprint density at radius 2 is 2.29 bits per heavy atom. The van der Waals surface area contributed by atoms with Crippen molar-refractivity contribution in [1.29, 1.82) is 5.26 Å². The lowest BCUT2D eigenvalue weighted by Gasteiger charge is -2.40. The van der Waals surface area contributed by atoms with E-state index in [1.165, 1.54) is 0 Å². The van der Waals surface area contributed by atoms with Gasteiger partial charge in [0.05, 0.1) is 12.2 Å². The molecule has 2 rings (SSSR count). The van der Waals surface area contributed by atoms with E-state index in [2.05, 4.69) is 34.8 Å². The van der Waals surface area contributed by atoms with Crippen molar-refractivity contribution in [3.63, 3.8) is 0 Å². The van der Waals surface area contributed by atoms with Crippen LogP contribution in [0, 0.1) is 11.3 Å². The van der Waals surface area contributed by atoms with Crippen LogP contribution in [0.1, 0.15) is 26.0 Å². The molecule has 1 atom stereocenters. The Balaban J connectivity index is 2.26. The molecule has 5 heteroatoms. The summed E-state index contributed by atoms with van der Waals surface area (Å²) in [5.41, 5.74) is 0.218. The average Bonchev–Trinajstić information content (AvgIpc) is 2.39. The molecule has 5 nitrogen and oxygen atoms in total. The van der Waals surface area contributed by atoms with Crippen LogP contribution in [0.2, 0.25) is 0 Å². The molecule has 0 saturated carbocycles. The van der Waals surface area contributed by atoms with Crippen LogP contribution < -0.4 is 4.90 Å². The Kier molecular flexibility index (Phi) is 3.25. The number of hydrogen-bond donors (Lipinski definition) is 0. The van der Waals surface area contributed by atoms with Gasteiger partial charge in [0.15, 0.2) is 11.5 Å². The summed E-state index contributed by atoms with van der Waals surface area (Å²) < 4.78 is 5.77. The Morgan fingerprint density at radius 1 is 1.53 bits per heavy atom. The van der Waals surface area contributed by atoms with Gasteiger partial charge in [0.25, 0.3) is 0 Å². The summed E-state index contributed by atoms with van der Waals surface area (Å²) in [6.45, 7) is 6.35. The second-order valence-corrected chi connectivity index (χ2v) is 4.41. The molecule has 2 heterocycles. The lowest BCUT2D eigenvalue weighted by atomic mass is 10.0. The molecule has 1 aliphatic heterocycles. The van der Waals surface area contributed by atoms with E-state index >= 15 is 0 Å². The molecule has 0 amide bonds. The van der Waals surface area contributed by atoms with E-state index in [0.29, 0.717) is 18.1 Å². The smallest absolute Gasteiger partial charge is 0.183 e. The minimum Gasteiger partial charge on any atom is -0.372 e. The minimum atomic E-state index is -0.164. The van der Waals surface area contributed by atoms with Crippen LogP contribution in [-0.4, -0.2) is 35.3 Å². The first-order valence-corrected chi connectivity index (χ1v) is 5.78. The summed E-state index contributed by atoms with van der Waals surface area (Å²) in [6, 6.07) is 2.08. The van der Waals surface area contributed by atoms with E-state index in [1.54, 1.807) is 12.4 Å². The van der Waals surface area contributed by atoms with Crippen molar-refractivity contribution >= 4 is 5.82 Å². The topological polar surface area (TPSA) is 62.0 Å². The molecule has 0 N–H and O–H groups in total. The number of hydrogen-bond acceptors (Lipinski definition) is 5. The van der Waals surface area contributed by atoms with Gasteiger partial charge in [-0.3, -0.25) is 0 Å². The highest BCUT2D eigenvalue weighted by Gasteiger charge is 2.31. The second-order valence-electron chi connectivity index (χ2n) is 4.41. The number of ether oxygens (including phenoxy) is 1. The Bertz CT molecular complexity index is 442. The highest BCUT2D eigenvalue weighted by atomic mass is 16.5. The molecule has 0 aliphatic carbocycles. The molecule has 0 spiro atoms. The third kappa shape index (κ3) is 2.37. The van der Waals surface area contributed by atoms with Gasteiger partial charge in [0.2, 0.25) is 0 Å². The van der Waals surface area contributed by atoms with Crippen molar-refractivity contribution in [3.8, 4) is 6.07 Å². The van der Waals surface area contributed by atoms with Gasteiger partial charge in [-0.25, -0.2) is 9.97 Å². The fourth-order valence-electron chi connectivity index (χ4n) is 1.97. The summed E-state index contributed by atoms with van der Waals surface area (Å²) in [7, 11) is 0. The third-order valence-corrected chi connectivity index (χ3v) is 3.17. The molecular weight excluding hydrogens is 216 g/mol. The zero-order valence-electron chi connectivity index (χ0n) is 10.2. The lowest BCUT2D eigenvalue weighted by molar-refractivity contribution is -0.0443. The molecule has 1 aliphatic rings. The molecule has 0 aromatic carbocycles. The van der Waals surface area contributed by atoms with Crippen LogP contribution >= 0.6 is 0 Å². The van der Waals surface area contributed by atoms with Crippen LogP contribution in [0.3, 0.4) is 0 Å². The largest absolute Gasteiger partial charge is 0.372 e. The van der Waals surface area contributed by atoms with Gasteiger partial charge in [-0.05, 0) is 13.3 Å². The summed E-state index contributed by atoms with van der Waals surface area (Å²) in [6.07, 6.45) is 4.10. The van der Waals surface area contributed by atoms with E-state index < -0.39 is 0 Å². The van der Waals surface area contributed by atoms with Crippen molar-refractivity contribution in [2.45, 2.75) is 25.9 Å². The summed E-state index contributed by atoms with van der Waals surface area (Å²) in [5.74, 6) is 0.665. The van der Waals surface area contributed by atoms with Crippen LogP contribution in [0.4, 0.5) is 5.82 Å². The van der Waals surface area contributed by atoms with Gasteiger partial charge in [-0.1, -0.05) is 6.92 Å². The lowest BCUT2D eigenvalue weighted by Crippen LogP contribution is -2.50. The number of nitrogens with zero attached hydrogens (tertiary/aromatic N) is 4. The zero-order valence-corrected chi connectivity index (χ0v) is 10.2. The predicted octanol–water partition coefficient (Wildman–Crippen LogP) is 1.35. The van der Waals surface area contributed by atoms with E-state index in [4.69, 9.17) is 10.00 Å². The normalized spacial score (nSPS) is 24.4. The summed E-state index contributed by atoms with van der Waals surface area (Å²) in [4.78, 5) is 10.4. The van der Waals surface area contributed by atoms with Gasteiger partial charge in [-0.15, -0.1) is 0 Å². The number of anilines is 1. The number of morpholine rings is 1. The molecule has 1 fully saturated rings. The van der Waals surface area contributed by atoms with Crippen molar-refractivity contribution < 1.29 is 4.74 Å². The Labute approximate surface area is 101 Å². The third-order valence-electron chi connectivity index (χ3n) is 3.17. The van der Waals surface area contributed by atoms with Crippen molar-refractivity contribution in [2.24, 2.45) is 0 Å². The maximum absolute atomic E-state index is 9.03.